The topological polar surface area (TPSA) is 35.8 Å². The van der Waals surface area contributed by atoms with Crippen molar-refractivity contribution in [1.29, 1.82) is 5.26 Å². The molecule has 0 saturated carbocycles. The van der Waals surface area contributed by atoms with Crippen LogP contribution in [-0.2, 0) is 6.42 Å². The third kappa shape index (κ3) is 2.45. The highest BCUT2D eigenvalue weighted by Gasteiger charge is 2.23. The molecule has 20 heavy (non-hydrogen) atoms. The van der Waals surface area contributed by atoms with E-state index in [1.165, 1.54) is 23.1 Å². The predicted octanol–water partition coefficient (Wildman–Crippen LogP) is 3.90. The molecule has 2 atom stereocenters. The Kier molecular flexibility index (Phi) is 3.54. The molecule has 2 nitrogen and oxygen atoms in total. The van der Waals surface area contributed by atoms with Crippen molar-refractivity contribution >= 4 is 0 Å². The van der Waals surface area contributed by atoms with Crippen LogP contribution >= 0.6 is 0 Å². The second-order valence-electron chi connectivity index (χ2n) is 5.41. The van der Waals surface area contributed by atoms with Crippen molar-refractivity contribution in [3.63, 3.8) is 0 Å². The molecule has 2 heteroatoms. The van der Waals surface area contributed by atoms with Gasteiger partial charge in [0.2, 0.25) is 0 Å². The molecule has 0 aliphatic heterocycles. The van der Waals surface area contributed by atoms with E-state index in [4.69, 9.17) is 5.26 Å². The Morgan fingerprint density at radius 1 is 1.15 bits per heavy atom. The van der Waals surface area contributed by atoms with Gasteiger partial charge in [0.1, 0.15) is 0 Å². The molecule has 0 aromatic heterocycles. The minimum atomic E-state index is 0.291. The van der Waals surface area contributed by atoms with Crippen molar-refractivity contribution < 1.29 is 0 Å². The number of hydrogen-bond acceptors (Lipinski definition) is 2. The van der Waals surface area contributed by atoms with Gasteiger partial charge >= 0.3 is 0 Å². The second-order valence-corrected chi connectivity index (χ2v) is 5.41. The van der Waals surface area contributed by atoms with Gasteiger partial charge in [0, 0.05) is 12.1 Å². The van der Waals surface area contributed by atoms with Crippen LogP contribution in [-0.4, -0.2) is 0 Å². The molecule has 0 fully saturated rings. The molecule has 3 rings (SSSR count). The number of rotatable bonds is 3. The number of fused-ring (bicyclic) bond motifs is 1. The van der Waals surface area contributed by atoms with Crippen molar-refractivity contribution in [2.24, 2.45) is 0 Å². The summed E-state index contributed by atoms with van der Waals surface area (Å²) in [6, 6.07) is 19.4. The molecule has 0 saturated heterocycles. The molecule has 0 spiro atoms. The summed E-state index contributed by atoms with van der Waals surface area (Å²) >= 11 is 0. The predicted molar refractivity (Wildman–Crippen MR) is 80.2 cm³/mol. The maximum atomic E-state index is 8.84. The van der Waals surface area contributed by atoms with Gasteiger partial charge in [-0.3, -0.25) is 0 Å². The summed E-state index contributed by atoms with van der Waals surface area (Å²) in [6.07, 6.45) is 2.33. The molecule has 1 aliphatic carbocycles. The van der Waals surface area contributed by atoms with Crippen molar-refractivity contribution in [2.75, 3.05) is 0 Å². The van der Waals surface area contributed by atoms with Gasteiger partial charge in [-0.1, -0.05) is 36.4 Å². The Labute approximate surface area is 120 Å². The summed E-state index contributed by atoms with van der Waals surface area (Å²) in [5, 5.41) is 12.5. The lowest BCUT2D eigenvalue weighted by Crippen LogP contribution is -2.22. The fourth-order valence-corrected chi connectivity index (χ4v) is 2.97. The lowest BCUT2D eigenvalue weighted by molar-refractivity contribution is 0.465. The van der Waals surface area contributed by atoms with Crippen LogP contribution in [0.15, 0.2) is 48.5 Å². The van der Waals surface area contributed by atoms with E-state index in [0.717, 1.165) is 6.42 Å². The molecule has 2 aromatic rings. The monoisotopic (exact) mass is 262 g/mol. The Bertz CT molecular complexity index is 637. The van der Waals surface area contributed by atoms with Gasteiger partial charge in [-0.2, -0.15) is 5.26 Å². The molecule has 0 heterocycles. The van der Waals surface area contributed by atoms with Gasteiger partial charge in [-0.25, -0.2) is 0 Å². The number of hydrogen-bond donors (Lipinski definition) is 1. The summed E-state index contributed by atoms with van der Waals surface area (Å²) in [7, 11) is 0. The van der Waals surface area contributed by atoms with Crippen LogP contribution in [0.4, 0.5) is 0 Å². The van der Waals surface area contributed by atoms with Crippen molar-refractivity contribution in [3.05, 3.63) is 70.8 Å². The Morgan fingerprint density at radius 3 is 2.65 bits per heavy atom. The van der Waals surface area contributed by atoms with Crippen molar-refractivity contribution in [1.82, 2.24) is 5.32 Å². The smallest absolute Gasteiger partial charge is 0.0991 e. The minimum absolute atomic E-state index is 0.291. The number of benzene rings is 2. The SMILES string of the molecule is CC(NC1CCc2ccccc21)c1ccc(C#N)cc1. The van der Waals surface area contributed by atoms with E-state index < -0.39 is 0 Å². The summed E-state index contributed by atoms with van der Waals surface area (Å²) in [5.74, 6) is 0. The Morgan fingerprint density at radius 2 is 1.90 bits per heavy atom. The van der Waals surface area contributed by atoms with E-state index >= 15 is 0 Å². The maximum absolute atomic E-state index is 8.84. The van der Waals surface area contributed by atoms with E-state index in [9.17, 15) is 0 Å². The van der Waals surface area contributed by atoms with Gasteiger partial charge in [0.05, 0.1) is 11.6 Å². The fourth-order valence-electron chi connectivity index (χ4n) is 2.97. The number of nitrogens with one attached hydrogen (secondary N) is 1. The lowest BCUT2D eigenvalue weighted by Gasteiger charge is -2.21. The lowest BCUT2D eigenvalue weighted by atomic mass is 10.0. The zero-order chi connectivity index (χ0) is 13.9. The highest BCUT2D eigenvalue weighted by Crippen LogP contribution is 2.32. The third-order valence-corrected chi connectivity index (χ3v) is 4.12. The zero-order valence-corrected chi connectivity index (χ0v) is 11.6. The standard InChI is InChI=1S/C18H18N2/c1-13(15-8-6-14(12-19)7-9-15)20-18-11-10-16-4-2-3-5-17(16)18/h2-9,13,18,20H,10-11H2,1H3. The molecule has 100 valence electrons. The quantitative estimate of drug-likeness (QED) is 0.910. The van der Waals surface area contributed by atoms with Gasteiger partial charge in [-0.15, -0.1) is 0 Å². The molecule has 2 aromatic carbocycles. The van der Waals surface area contributed by atoms with E-state index in [0.29, 0.717) is 17.6 Å². The van der Waals surface area contributed by atoms with Crippen LogP contribution in [0, 0.1) is 11.3 Å². The molecule has 0 amide bonds. The zero-order valence-electron chi connectivity index (χ0n) is 11.6. The molecular formula is C18H18N2. The summed E-state index contributed by atoms with van der Waals surface area (Å²) in [6.45, 7) is 2.18. The number of nitriles is 1. The van der Waals surface area contributed by atoms with Crippen LogP contribution in [0.5, 0.6) is 0 Å². The fraction of sp³-hybridized carbons (Fsp3) is 0.278. The largest absolute Gasteiger partial charge is 0.303 e. The van der Waals surface area contributed by atoms with Gasteiger partial charge in [0.25, 0.3) is 0 Å². The van der Waals surface area contributed by atoms with E-state index in [2.05, 4.69) is 42.6 Å². The number of nitrogens with zero attached hydrogens (tertiary/aromatic N) is 1. The van der Waals surface area contributed by atoms with Crippen LogP contribution in [0.25, 0.3) is 0 Å². The van der Waals surface area contributed by atoms with Crippen LogP contribution in [0.1, 0.15) is 47.7 Å². The minimum Gasteiger partial charge on any atom is -0.303 e. The molecule has 1 aliphatic rings. The van der Waals surface area contributed by atoms with Crippen LogP contribution < -0.4 is 5.32 Å². The molecule has 2 unspecified atom stereocenters. The first-order valence-electron chi connectivity index (χ1n) is 7.12. The highest BCUT2D eigenvalue weighted by molar-refractivity contribution is 5.36. The molecular weight excluding hydrogens is 244 g/mol. The van der Waals surface area contributed by atoms with Crippen molar-refractivity contribution in [3.8, 4) is 6.07 Å². The average Bonchev–Trinajstić information content (AvgIpc) is 2.91. The van der Waals surface area contributed by atoms with Crippen LogP contribution in [0.3, 0.4) is 0 Å². The Hall–Kier alpha value is -2.11. The van der Waals surface area contributed by atoms with E-state index in [-0.39, 0.29) is 0 Å². The average molecular weight is 262 g/mol. The molecule has 0 bridgehead atoms. The third-order valence-electron chi connectivity index (χ3n) is 4.12. The van der Waals surface area contributed by atoms with E-state index in [1.807, 2.05) is 24.3 Å². The molecule has 0 radical (unpaired) electrons. The molecule has 1 N–H and O–H groups in total. The summed E-state index contributed by atoms with van der Waals surface area (Å²) in [5.41, 5.74) is 4.85. The van der Waals surface area contributed by atoms with Gasteiger partial charge in [0.15, 0.2) is 0 Å². The first-order chi connectivity index (χ1) is 9.78. The summed E-state index contributed by atoms with van der Waals surface area (Å²) < 4.78 is 0. The van der Waals surface area contributed by atoms with Gasteiger partial charge in [-0.05, 0) is 48.6 Å². The number of aryl methyl sites for hydroxylation is 1. The first-order valence-corrected chi connectivity index (χ1v) is 7.12. The van der Waals surface area contributed by atoms with Crippen LogP contribution in [0.2, 0.25) is 0 Å². The highest BCUT2D eigenvalue weighted by atomic mass is 14.9. The van der Waals surface area contributed by atoms with Gasteiger partial charge < -0.3 is 5.32 Å². The summed E-state index contributed by atoms with van der Waals surface area (Å²) in [4.78, 5) is 0. The first kappa shape index (κ1) is 12.9. The normalized spacial score (nSPS) is 18.3. The van der Waals surface area contributed by atoms with Crippen molar-refractivity contribution in [2.45, 2.75) is 31.8 Å². The second kappa shape index (κ2) is 5.48. The maximum Gasteiger partial charge on any atom is 0.0991 e. The van der Waals surface area contributed by atoms with E-state index in [1.54, 1.807) is 0 Å². The Balaban J connectivity index is 1.73.